The molecular formula is C28H48NO3+. The molecule has 0 saturated heterocycles. The topological polar surface area (TPSA) is 35.5 Å². The molecule has 0 radical (unpaired) electrons. The third kappa shape index (κ3) is 5.94. The van der Waals surface area contributed by atoms with E-state index in [9.17, 15) is 4.79 Å². The van der Waals surface area contributed by atoms with Gasteiger partial charge in [0.25, 0.3) is 0 Å². The van der Waals surface area contributed by atoms with Crippen molar-refractivity contribution < 1.29 is 18.8 Å². The number of fused-ring (bicyclic) bond motifs is 3. The Balaban J connectivity index is 0.000000534. The van der Waals surface area contributed by atoms with Crippen LogP contribution in [0.3, 0.4) is 0 Å². The Morgan fingerprint density at radius 2 is 1.84 bits per heavy atom. The zero-order valence-corrected chi connectivity index (χ0v) is 22.0. The first-order valence-electron chi connectivity index (χ1n) is 12.6. The van der Waals surface area contributed by atoms with Crippen LogP contribution in [0, 0.1) is 10.8 Å². The Hall–Kier alpha value is -1.39. The number of nitrogens with zero attached hydrogens (tertiary/aromatic N) is 1. The van der Waals surface area contributed by atoms with Gasteiger partial charge in [-0.2, -0.15) is 0 Å². The van der Waals surface area contributed by atoms with Crippen molar-refractivity contribution in [2.75, 3.05) is 34.0 Å². The second-order valence-corrected chi connectivity index (χ2v) is 11.2. The highest BCUT2D eigenvalue weighted by atomic mass is 16.7. The van der Waals surface area contributed by atoms with Gasteiger partial charge >= 0.3 is 0 Å². The minimum absolute atomic E-state index is 0.139. The molecule has 0 spiro atoms. The lowest BCUT2D eigenvalue weighted by Crippen LogP contribution is -2.61. The number of carbonyl (C=O) groups is 1. The lowest BCUT2D eigenvalue weighted by molar-refractivity contribution is -0.936. The van der Waals surface area contributed by atoms with Gasteiger partial charge in [0.05, 0.1) is 26.2 Å². The first-order chi connectivity index (χ1) is 15.1. The minimum Gasteiger partial charge on any atom is -0.468 e. The smallest absolute Gasteiger partial charge is 0.188 e. The number of quaternary nitrogens is 1. The molecule has 4 nitrogen and oxygen atoms in total. The van der Waals surface area contributed by atoms with Crippen LogP contribution in [0.25, 0.3) is 0 Å². The van der Waals surface area contributed by atoms with Gasteiger partial charge in [0.15, 0.2) is 6.79 Å². The van der Waals surface area contributed by atoms with Crippen LogP contribution in [0.1, 0.15) is 90.7 Å². The molecule has 2 aliphatic rings. The van der Waals surface area contributed by atoms with Crippen LogP contribution in [-0.2, 0) is 16.0 Å². The molecule has 0 aromatic heterocycles. The average Bonchev–Trinajstić information content (AvgIpc) is 2.81. The summed E-state index contributed by atoms with van der Waals surface area (Å²) < 4.78 is 12.1. The van der Waals surface area contributed by atoms with E-state index in [0.29, 0.717) is 24.2 Å². The van der Waals surface area contributed by atoms with Crippen LogP contribution in [0.5, 0.6) is 5.75 Å². The highest BCUT2D eigenvalue weighted by molar-refractivity contribution is 5.56. The van der Waals surface area contributed by atoms with Crippen LogP contribution in [0.15, 0.2) is 18.2 Å². The molecular weight excluding hydrogens is 398 g/mol. The zero-order valence-electron chi connectivity index (χ0n) is 22.0. The third-order valence-corrected chi connectivity index (χ3v) is 8.34. The fourth-order valence-electron chi connectivity index (χ4n) is 5.84. The summed E-state index contributed by atoms with van der Waals surface area (Å²) in [6.07, 6.45) is 8.97. The second-order valence-electron chi connectivity index (χ2n) is 11.2. The molecule has 3 rings (SSSR count). The van der Waals surface area contributed by atoms with Gasteiger partial charge in [-0.25, -0.2) is 0 Å². The van der Waals surface area contributed by atoms with Crippen LogP contribution in [0.4, 0.5) is 0 Å². The maximum atomic E-state index is 9.83. The lowest BCUT2D eigenvalue weighted by Gasteiger charge is -2.56. The van der Waals surface area contributed by atoms with Crippen LogP contribution < -0.4 is 4.74 Å². The Labute approximate surface area is 197 Å². The molecule has 3 atom stereocenters. The van der Waals surface area contributed by atoms with E-state index in [4.69, 9.17) is 9.47 Å². The maximum Gasteiger partial charge on any atom is 0.188 e. The highest BCUT2D eigenvalue weighted by Crippen LogP contribution is 2.58. The van der Waals surface area contributed by atoms with E-state index in [1.807, 2.05) is 20.8 Å². The van der Waals surface area contributed by atoms with E-state index in [0.717, 1.165) is 12.0 Å². The summed E-state index contributed by atoms with van der Waals surface area (Å²) in [7, 11) is 4.15. The molecule has 1 aromatic rings. The van der Waals surface area contributed by atoms with Crippen LogP contribution in [0.2, 0.25) is 0 Å². The van der Waals surface area contributed by atoms with Gasteiger partial charge in [0, 0.05) is 17.9 Å². The predicted molar refractivity (Wildman–Crippen MR) is 133 cm³/mol. The molecule has 4 heteroatoms. The van der Waals surface area contributed by atoms with Gasteiger partial charge in [-0.05, 0) is 75.6 Å². The summed E-state index contributed by atoms with van der Waals surface area (Å²) in [5, 5.41) is 0. The van der Waals surface area contributed by atoms with Gasteiger partial charge in [-0.1, -0.05) is 39.7 Å². The Morgan fingerprint density at radius 1 is 1.19 bits per heavy atom. The molecule has 0 N–H and O–H groups in total. The molecule has 0 heterocycles. The highest BCUT2D eigenvalue weighted by Gasteiger charge is 2.53. The summed E-state index contributed by atoms with van der Waals surface area (Å²) in [6.45, 7) is 15.7. The summed E-state index contributed by atoms with van der Waals surface area (Å²) in [5.41, 5.74) is 3.41. The maximum absolute atomic E-state index is 9.83. The fourth-order valence-corrected chi connectivity index (χ4v) is 5.84. The lowest BCUT2D eigenvalue weighted by atomic mass is 9.54. The van der Waals surface area contributed by atoms with Crippen molar-refractivity contribution in [1.29, 1.82) is 0 Å². The van der Waals surface area contributed by atoms with Crippen molar-refractivity contribution >= 4 is 6.29 Å². The Bertz CT molecular complexity index is 735. The van der Waals surface area contributed by atoms with Crippen molar-refractivity contribution in [3.63, 3.8) is 0 Å². The number of carbonyl (C=O) groups excluding carboxylic acids is 1. The molecule has 1 saturated carbocycles. The number of benzene rings is 1. The van der Waals surface area contributed by atoms with Crippen molar-refractivity contribution in [3.8, 4) is 5.75 Å². The van der Waals surface area contributed by atoms with E-state index in [2.05, 4.69) is 46.0 Å². The zero-order chi connectivity index (χ0) is 24.0. The van der Waals surface area contributed by atoms with Crippen molar-refractivity contribution in [3.05, 3.63) is 29.3 Å². The van der Waals surface area contributed by atoms with Gasteiger partial charge < -0.3 is 18.8 Å². The predicted octanol–water partition coefficient (Wildman–Crippen LogP) is 6.37. The van der Waals surface area contributed by atoms with Gasteiger partial charge in [-0.3, -0.25) is 0 Å². The molecule has 0 aliphatic heterocycles. The van der Waals surface area contributed by atoms with E-state index in [1.54, 1.807) is 18.2 Å². The summed E-state index contributed by atoms with van der Waals surface area (Å²) in [4.78, 5) is 9.83. The largest absolute Gasteiger partial charge is 0.468 e. The molecule has 182 valence electrons. The normalized spacial score (nSPS) is 23.8. The number of methoxy groups -OCH3 is 1. The number of ether oxygens (including phenoxy) is 2. The molecule has 3 unspecified atom stereocenters. The molecule has 32 heavy (non-hydrogen) atoms. The van der Waals surface area contributed by atoms with E-state index >= 15 is 0 Å². The molecule has 1 fully saturated rings. The molecule has 1 aromatic carbocycles. The first-order valence-corrected chi connectivity index (χ1v) is 12.6. The monoisotopic (exact) mass is 446 g/mol. The number of hydrogen-bond donors (Lipinski definition) is 0. The first kappa shape index (κ1) is 26.9. The van der Waals surface area contributed by atoms with E-state index in [-0.39, 0.29) is 5.41 Å². The third-order valence-electron chi connectivity index (χ3n) is 8.34. The van der Waals surface area contributed by atoms with Gasteiger partial charge in [-0.15, -0.1) is 0 Å². The van der Waals surface area contributed by atoms with Gasteiger partial charge in [0.2, 0.25) is 0 Å². The number of hydrogen-bond acceptors (Lipinski definition) is 3. The van der Waals surface area contributed by atoms with Crippen LogP contribution in [-0.4, -0.2) is 50.9 Å². The number of rotatable bonds is 7. The molecule has 2 aliphatic carbocycles. The Kier molecular flexibility index (Phi) is 9.36. The van der Waals surface area contributed by atoms with Crippen LogP contribution >= 0.6 is 0 Å². The summed E-state index contributed by atoms with van der Waals surface area (Å²) in [6, 6.07) is 7.44. The fraction of sp³-hybridized carbons (Fsp3) is 0.750. The second kappa shape index (κ2) is 11.2. The number of aryl methyl sites for hydroxylation is 1. The quantitative estimate of drug-likeness (QED) is 0.277. The molecule has 0 amide bonds. The summed E-state index contributed by atoms with van der Waals surface area (Å²) >= 11 is 0. The van der Waals surface area contributed by atoms with Crippen molar-refractivity contribution in [2.24, 2.45) is 10.8 Å². The molecule has 0 bridgehead atoms. The van der Waals surface area contributed by atoms with Gasteiger partial charge in [0.1, 0.15) is 12.0 Å². The number of aldehydes is 1. The van der Waals surface area contributed by atoms with E-state index < -0.39 is 0 Å². The van der Waals surface area contributed by atoms with Crippen molar-refractivity contribution in [1.82, 2.24) is 0 Å². The Morgan fingerprint density at radius 3 is 2.41 bits per heavy atom. The van der Waals surface area contributed by atoms with Crippen molar-refractivity contribution in [2.45, 2.75) is 92.0 Å². The van der Waals surface area contributed by atoms with E-state index in [1.165, 1.54) is 56.1 Å². The summed E-state index contributed by atoms with van der Waals surface area (Å²) in [5.74, 6) is 1.64. The minimum atomic E-state index is -0.139. The average molecular weight is 447 g/mol. The SMILES string of the molecule is CC(C)(C)C=O.CC[N+](C)(CC)C(C)C12CCCCC1c1cc(OCOC)ccc1CC2. The standard InChI is InChI=1S/C23H38NO2.C5H10O/c1-6-24(4,7-2)18(3)23-14-9-8-10-22(23)21-16-20(26-17-25-5)12-11-19(21)13-15-23;1-5(2,3)4-6/h11-12,16,18,22H,6-10,13-15,17H2,1-5H3;4H,1-3H3/q+1;.